The quantitative estimate of drug-likeness (QED) is 0.132. The molecule has 0 radical (unpaired) electrons. The number of hydrazine groups is 2. The first-order valence-electron chi connectivity index (χ1n) is 6.92. The summed E-state index contributed by atoms with van der Waals surface area (Å²) in [5, 5.41) is 4.21. The molecule has 0 bridgehead atoms. The third kappa shape index (κ3) is 3.81. The van der Waals surface area contributed by atoms with E-state index in [1.165, 1.54) is 29.9 Å². The molecule has 0 spiro atoms. The number of nitrogens with zero attached hydrogens (tertiary/aromatic N) is 2. The highest BCUT2D eigenvalue weighted by molar-refractivity contribution is 8.22. The predicted molar refractivity (Wildman–Crippen MR) is 95.6 cm³/mol. The molecular weight excluding hydrogens is 384 g/mol. The molecule has 0 saturated carbocycles. The Morgan fingerprint density at radius 2 is 1.50 bits per heavy atom. The summed E-state index contributed by atoms with van der Waals surface area (Å²) in [4.78, 5) is 23.0. The van der Waals surface area contributed by atoms with Gasteiger partial charge in [-0.25, -0.2) is 31.3 Å². The Hall–Kier alpha value is -2.58. The second kappa shape index (κ2) is 6.97. The summed E-state index contributed by atoms with van der Waals surface area (Å²) < 4.78 is 32.3. The lowest BCUT2D eigenvalue weighted by molar-refractivity contribution is 0.212. The van der Waals surface area contributed by atoms with E-state index < -0.39 is 33.1 Å². The molecule has 142 valence electrons. The Bertz CT molecular complexity index is 906. The van der Waals surface area contributed by atoms with Crippen LogP contribution in [0, 0.1) is 6.92 Å². The van der Waals surface area contributed by atoms with E-state index in [0.717, 1.165) is 0 Å². The normalized spacial score (nSPS) is 15.3. The van der Waals surface area contributed by atoms with Crippen LogP contribution < -0.4 is 23.2 Å². The fraction of sp³-hybridized carbons (Fsp3) is 0.0769. The van der Waals surface area contributed by atoms with E-state index >= 15 is 0 Å². The molecule has 1 aromatic rings. The van der Waals surface area contributed by atoms with E-state index in [2.05, 4.69) is 0 Å². The number of carbonyl (C=O) groups is 2. The monoisotopic (exact) mass is 402 g/mol. The third-order valence-corrected chi connectivity index (χ3v) is 6.44. The first-order valence-corrected chi connectivity index (χ1v) is 9.84. The summed E-state index contributed by atoms with van der Waals surface area (Å²) in [6, 6.07) is 2.45. The second-order valence-electron chi connectivity index (χ2n) is 5.28. The lowest BCUT2D eigenvalue weighted by atomic mass is 10.2. The number of primary amides is 2. The molecule has 1 aromatic carbocycles. The van der Waals surface area contributed by atoms with Crippen molar-refractivity contribution in [1.29, 1.82) is 0 Å². The van der Waals surface area contributed by atoms with E-state index in [4.69, 9.17) is 23.2 Å². The van der Waals surface area contributed by atoms with Crippen molar-refractivity contribution in [1.82, 2.24) is 10.0 Å². The number of carbonyl (C=O) groups excluding carboxylic acids is 2. The Morgan fingerprint density at radius 1 is 1.04 bits per heavy atom. The summed E-state index contributed by atoms with van der Waals surface area (Å²) >= 11 is 0. The first kappa shape index (κ1) is 19.7. The van der Waals surface area contributed by atoms with Gasteiger partial charge in [0.2, 0.25) is 0 Å². The Kier molecular flexibility index (Phi) is 5.29. The van der Waals surface area contributed by atoms with E-state index in [0.29, 0.717) is 20.5 Å². The van der Waals surface area contributed by atoms with E-state index in [9.17, 15) is 22.6 Å². The zero-order valence-corrected chi connectivity index (χ0v) is 15.2. The molecule has 4 amide bonds. The van der Waals surface area contributed by atoms with Crippen LogP contribution in [0.4, 0.5) is 9.59 Å². The molecule has 0 aliphatic carbocycles. The van der Waals surface area contributed by atoms with Gasteiger partial charge in [-0.15, -0.1) is 0 Å². The van der Waals surface area contributed by atoms with Gasteiger partial charge < -0.3 is 11.5 Å². The van der Waals surface area contributed by atoms with Gasteiger partial charge in [-0.1, -0.05) is 6.07 Å². The predicted octanol–water partition coefficient (Wildman–Crippen LogP) is -0.193. The summed E-state index contributed by atoms with van der Waals surface area (Å²) in [5.74, 6) is 11.2. The van der Waals surface area contributed by atoms with Crippen molar-refractivity contribution in [3.63, 3.8) is 0 Å². The van der Waals surface area contributed by atoms with Gasteiger partial charge in [0.05, 0.1) is 16.3 Å². The maximum Gasteiger partial charge on any atom is 0.333 e. The van der Waals surface area contributed by atoms with Crippen LogP contribution in [0.2, 0.25) is 0 Å². The van der Waals surface area contributed by atoms with Crippen LogP contribution in [0.25, 0.3) is 0 Å². The molecule has 0 fully saturated rings. The first-order chi connectivity index (χ1) is 11.9. The van der Waals surface area contributed by atoms with Gasteiger partial charge in [-0.05, 0) is 40.3 Å². The van der Waals surface area contributed by atoms with Crippen molar-refractivity contribution in [2.45, 2.75) is 16.7 Å². The highest BCUT2D eigenvalue weighted by Crippen LogP contribution is 2.48. The fourth-order valence-electron chi connectivity index (χ4n) is 2.22. The highest BCUT2D eigenvalue weighted by Gasteiger charge is 2.28. The van der Waals surface area contributed by atoms with Gasteiger partial charge >= 0.3 is 12.1 Å². The SMILES string of the molecule is Cc1ccc([SH]2C=C(N(N)C(N)=O)C(N(N)C(N)=O)=C2)cc1S(=O)(=O)O. The average Bonchev–Trinajstić information content (AvgIpc) is 2.97. The molecule has 1 heterocycles. The van der Waals surface area contributed by atoms with E-state index in [-0.39, 0.29) is 16.3 Å². The zero-order chi connectivity index (χ0) is 19.8. The molecule has 1 aliphatic rings. The Morgan fingerprint density at radius 3 is 1.88 bits per heavy atom. The molecule has 0 unspecified atom stereocenters. The van der Waals surface area contributed by atoms with Gasteiger partial charge in [-0.2, -0.15) is 19.3 Å². The van der Waals surface area contributed by atoms with Crippen LogP contribution in [0.3, 0.4) is 0 Å². The fourth-order valence-corrected chi connectivity index (χ4v) is 4.99. The molecular formula is C13H18N6O5S2. The molecule has 11 nitrogen and oxygen atoms in total. The highest BCUT2D eigenvalue weighted by atomic mass is 32.2. The lowest BCUT2D eigenvalue weighted by Crippen LogP contribution is -2.46. The van der Waals surface area contributed by atoms with Gasteiger partial charge in [0, 0.05) is 0 Å². The summed E-state index contributed by atoms with van der Waals surface area (Å²) in [7, 11) is -5.79. The van der Waals surface area contributed by atoms with Crippen molar-refractivity contribution < 1.29 is 22.6 Å². The van der Waals surface area contributed by atoms with Crippen molar-refractivity contribution in [2.24, 2.45) is 23.2 Å². The minimum atomic E-state index is -4.42. The van der Waals surface area contributed by atoms with Crippen LogP contribution in [-0.4, -0.2) is 35.1 Å². The van der Waals surface area contributed by atoms with Crippen molar-refractivity contribution >= 4 is 33.1 Å². The minimum absolute atomic E-state index is 0.0406. The smallest absolute Gasteiger partial charge is 0.333 e. The van der Waals surface area contributed by atoms with E-state index in [1.54, 1.807) is 6.07 Å². The molecule has 2 rings (SSSR count). The van der Waals surface area contributed by atoms with Crippen LogP contribution in [0.5, 0.6) is 0 Å². The molecule has 0 atom stereocenters. The number of rotatable bonds is 4. The van der Waals surface area contributed by atoms with Gasteiger partial charge in [0.1, 0.15) is 0 Å². The van der Waals surface area contributed by atoms with Gasteiger partial charge in [-0.3, -0.25) is 4.55 Å². The van der Waals surface area contributed by atoms with Crippen LogP contribution in [0.1, 0.15) is 5.56 Å². The van der Waals surface area contributed by atoms with Crippen LogP contribution in [0.15, 0.2) is 50.2 Å². The van der Waals surface area contributed by atoms with Gasteiger partial charge in [0.15, 0.2) is 0 Å². The minimum Gasteiger partial charge on any atom is -0.350 e. The Balaban J connectivity index is 2.57. The number of nitrogens with two attached hydrogens (primary N) is 4. The lowest BCUT2D eigenvalue weighted by Gasteiger charge is -2.22. The van der Waals surface area contributed by atoms with Crippen molar-refractivity contribution in [3.8, 4) is 0 Å². The number of hydrogen-bond acceptors (Lipinski definition) is 6. The largest absolute Gasteiger partial charge is 0.350 e. The second-order valence-corrected chi connectivity index (χ2v) is 8.51. The molecule has 9 N–H and O–H groups in total. The molecule has 0 saturated heterocycles. The molecule has 1 aliphatic heterocycles. The maximum absolute atomic E-state index is 11.5. The van der Waals surface area contributed by atoms with Crippen molar-refractivity contribution in [2.75, 3.05) is 0 Å². The number of hydrogen-bond donors (Lipinski definition) is 6. The zero-order valence-electron chi connectivity index (χ0n) is 13.5. The van der Waals surface area contributed by atoms with Crippen LogP contribution >= 0.6 is 10.9 Å². The van der Waals surface area contributed by atoms with E-state index in [1.807, 2.05) is 0 Å². The summed E-state index contributed by atoms with van der Waals surface area (Å²) in [5.41, 5.74) is 10.7. The number of thiol groups is 1. The average molecular weight is 402 g/mol. The summed E-state index contributed by atoms with van der Waals surface area (Å²) in [6.07, 6.45) is 0. The topological polar surface area (TPSA) is 199 Å². The maximum atomic E-state index is 11.5. The molecule has 26 heavy (non-hydrogen) atoms. The number of benzene rings is 1. The van der Waals surface area contributed by atoms with Gasteiger partial charge in [0.25, 0.3) is 10.1 Å². The number of urea groups is 2. The Labute approximate surface area is 151 Å². The van der Waals surface area contributed by atoms with Crippen molar-refractivity contribution in [3.05, 3.63) is 46.0 Å². The number of aryl methyl sites for hydroxylation is 1. The standard InChI is InChI=1S/C13H18N6O5S2/c1-7-2-3-8(4-11(7)26(22,23)24)25-5-9(18(16)12(14)20)10(6-25)19(17)13(15)21/h2-6,25H,16-17H2,1H3,(H2,14,20)(H2,15,21)(H,22,23,24). The molecule has 0 aromatic heterocycles. The third-order valence-electron chi connectivity index (χ3n) is 3.53. The summed E-state index contributed by atoms with van der Waals surface area (Å²) in [6.45, 7) is 1.53. The van der Waals surface area contributed by atoms with Crippen LogP contribution in [-0.2, 0) is 10.1 Å². The molecule has 13 heteroatoms. The number of amides is 4.